The van der Waals surface area contributed by atoms with Gasteiger partial charge in [0, 0.05) is 6.54 Å². The van der Waals surface area contributed by atoms with Crippen molar-refractivity contribution in [1.29, 1.82) is 0 Å². The molecule has 0 aliphatic rings. The number of amides is 1. The van der Waals surface area contributed by atoms with E-state index in [2.05, 4.69) is 102 Å². The van der Waals surface area contributed by atoms with E-state index in [0.717, 1.165) is 6.16 Å². The lowest BCUT2D eigenvalue weighted by Gasteiger charge is -2.27. The summed E-state index contributed by atoms with van der Waals surface area (Å²) in [5.74, 6) is -0.0131. The summed E-state index contributed by atoms with van der Waals surface area (Å²) in [5.41, 5.74) is 0. The molecule has 0 heterocycles. The van der Waals surface area contributed by atoms with Crippen LogP contribution in [0.5, 0.6) is 0 Å². The van der Waals surface area contributed by atoms with Gasteiger partial charge in [0.1, 0.15) is 23.2 Å². The molecule has 0 atom stereocenters. The molecule has 0 saturated heterocycles. The Balaban J connectivity index is 1.82. The van der Waals surface area contributed by atoms with E-state index < -0.39 is 7.26 Å². The maximum absolute atomic E-state index is 11.6. The minimum Gasteiger partial charge on any atom is -0.376 e. The van der Waals surface area contributed by atoms with E-state index in [9.17, 15) is 4.79 Å². The van der Waals surface area contributed by atoms with E-state index >= 15 is 0 Å². The third-order valence-electron chi connectivity index (χ3n) is 5.07. The highest BCUT2D eigenvalue weighted by molar-refractivity contribution is 7.95. The number of rotatable bonds is 11. The van der Waals surface area contributed by atoms with Gasteiger partial charge in [0.25, 0.3) is 0 Å². The largest absolute Gasteiger partial charge is 0.376 e. The van der Waals surface area contributed by atoms with Crippen molar-refractivity contribution in [3.8, 4) is 0 Å². The molecule has 2 N–H and O–H groups in total. The van der Waals surface area contributed by atoms with Crippen LogP contribution in [0.1, 0.15) is 0 Å². The highest BCUT2D eigenvalue weighted by Crippen LogP contribution is 2.54. The number of ether oxygens (including phenoxy) is 1. The second-order valence-corrected chi connectivity index (χ2v) is 10.6. The van der Waals surface area contributed by atoms with Crippen LogP contribution < -0.4 is 26.5 Å². The molecule has 0 bridgehead atoms. The van der Waals surface area contributed by atoms with Gasteiger partial charge in [-0.3, -0.25) is 4.79 Å². The summed E-state index contributed by atoms with van der Waals surface area (Å²) in [6, 6.07) is 32.4. The van der Waals surface area contributed by atoms with E-state index in [1.54, 1.807) is 7.05 Å². The molecule has 3 aromatic carbocycles. The SMILES string of the molecule is CNCC(=O)NCCOCC[P+](c1ccccc1)(c1ccccc1)c1ccccc1. The number of carbonyl (C=O) groups excluding carboxylic acids is 1. The Labute approximate surface area is 180 Å². The van der Waals surface area contributed by atoms with Crippen molar-refractivity contribution in [2.45, 2.75) is 0 Å². The summed E-state index contributed by atoms with van der Waals surface area (Å²) in [6.07, 6.45) is 0.912. The summed E-state index contributed by atoms with van der Waals surface area (Å²) < 4.78 is 5.97. The van der Waals surface area contributed by atoms with Crippen LogP contribution in [0.15, 0.2) is 91.0 Å². The number of nitrogens with one attached hydrogen (secondary N) is 2. The summed E-state index contributed by atoms with van der Waals surface area (Å²) in [6.45, 7) is 1.99. The maximum Gasteiger partial charge on any atom is 0.234 e. The number of hydrogen-bond donors (Lipinski definition) is 2. The predicted octanol–water partition coefficient (Wildman–Crippen LogP) is 2.33. The summed E-state index contributed by atoms with van der Waals surface area (Å²) in [7, 11) is -0.0939. The molecular formula is C25H30N2O2P+. The van der Waals surface area contributed by atoms with E-state index in [1.807, 2.05) is 0 Å². The van der Waals surface area contributed by atoms with Gasteiger partial charge in [-0.25, -0.2) is 0 Å². The van der Waals surface area contributed by atoms with E-state index in [1.165, 1.54) is 15.9 Å². The Kier molecular flexibility index (Phi) is 8.58. The molecule has 5 heteroatoms. The molecule has 0 saturated carbocycles. The van der Waals surface area contributed by atoms with Crippen LogP contribution in [0.3, 0.4) is 0 Å². The molecule has 30 heavy (non-hydrogen) atoms. The van der Waals surface area contributed by atoms with E-state index in [4.69, 9.17) is 4.74 Å². The van der Waals surface area contributed by atoms with Gasteiger partial charge in [-0.1, -0.05) is 54.6 Å². The number of carbonyl (C=O) groups is 1. The van der Waals surface area contributed by atoms with Gasteiger partial charge in [0.05, 0.1) is 25.9 Å². The lowest BCUT2D eigenvalue weighted by molar-refractivity contribution is -0.120. The van der Waals surface area contributed by atoms with Crippen LogP contribution >= 0.6 is 7.26 Å². The predicted molar refractivity (Wildman–Crippen MR) is 128 cm³/mol. The molecule has 0 aliphatic carbocycles. The van der Waals surface area contributed by atoms with Crippen LogP contribution in [0.4, 0.5) is 0 Å². The lowest BCUT2D eigenvalue weighted by atomic mass is 10.4. The highest BCUT2D eigenvalue weighted by Gasteiger charge is 2.44. The average Bonchev–Trinajstić information content (AvgIpc) is 2.81. The van der Waals surface area contributed by atoms with E-state index in [0.29, 0.717) is 26.3 Å². The van der Waals surface area contributed by atoms with Crippen LogP contribution in [0, 0.1) is 0 Å². The van der Waals surface area contributed by atoms with E-state index in [-0.39, 0.29) is 5.91 Å². The van der Waals surface area contributed by atoms with Crippen LogP contribution in [-0.2, 0) is 9.53 Å². The standard InChI is InChI=1S/C25H29N2O2P/c1-26-21-25(28)27-17-18-29-19-20-30(22-11-5-2-6-12-22,23-13-7-3-8-14-23)24-15-9-4-10-16-24/h2-16,26H,17-21H2,1H3/p+1. The van der Waals surface area contributed by atoms with Gasteiger partial charge >= 0.3 is 0 Å². The van der Waals surface area contributed by atoms with Gasteiger partial charge in [-0.05, 0) is 43.4 Å². The monoisotopic (exact) mass is 421 g/mol. The Hall–Kier alpha value is -2.52. The zero-order chi connectivity index (χ0) is 21.1. The third kappa shape index (κ3) is 5.54. The number of hydrogen-bond acceptors (Lipinski definition) is 3. The molecule has 4 nitrogen and oxygen atoms in total. The topological polar surface area (TPSA) is 50.4 Å². The summed E-state index contributed by atoms with van der Waals surface area (Å²) in [5, 5.41) is 9.77. The van der Waals surface area contributed by atoms with Crippen molar-refractivity contribution in [1.82, 2.24) is 10.6 Å². The summed E-state index contributed by atoms with van der Waals surface area (Å²) in [4.78, 5) is 11.6. The maximum atomic E-state index is 11.6. The third-order valence-corrected chi connectivity index (χ3v) is 9.46. The molecule has 156 valence electrons. The van der Waals surface area contributed by atoms with Crippen molar-refractivity contribution in [2.24, 2.45) is 0 Å². The van der Waals surface area contributed by atoms with Crippen molar-refractivity contribution in [2.75, 3.05) is 39.5 Å². The summed E-state index contributed by atoms with van der Waals surface area (Å²) >= 11 is 0. The molecule has 1 amide bonds. The first-order valence-electron chi connectivity index (χ1n) is 10.3. The Morgan fingerprint density at radius 2 is 1.23 bits per heavy atom. The van der Waals surface area contributed by atoms with Crippen molar-refractivity contribution in [3.63, 3.8) is 0 Å². The van der Waals surface area contributed by atoms with Crippen LogP contribution in [0.2, 0.25) is 0 Å². The zero-order valence-electron chi connectivity index (χ0n) is 17.5. The molecule has 0 aliphatic heterocycles. The second kappa shape index (κ2) is 11.6. The van der Waals surface area contributed by atoms with Crippen LogP contribution in [-0.4, -0.2) is 45.4 Å². The quantitative estimate of drug-likeness (QED) is 0.369. The van der Waals surface area contributed by atoms with Gasteiger partial charge < -0.3 is 15.4 Å². The molecule has 0 radical (unpaired) electrons. The Morgan fingerprint density at radius 3 is 1.67 bits per heavy atom. The van der Waals surface area contributed by atoms with Gasteiger partial charge in [-0.2, -0.15) is 0 Å². The molecule has 0 aromatic heterocycles. The first-order valence-corrected chi connectivity index (χ1v) is 12.3. The fourth-order valence-corrected chi connectivity index (χ4v) is 7.79. The first-order chi connectivity index (χ1) is 14.8. The van der Waals surface area contributed by atoms with Gasteiger partial charge in [-0.15, -0.1) is 0 Å². The van der Waals surface area contributed by atoms with Crippen molar-refractivity contribution >= 4 is 29.1 Å². The molecular weight excluding hydrogens is 391 g/mol. The number of likely N-dealkylation sites (N-methyl/N-ethyl adjacent to an activating group) is 1. The Bertz CT molecular complexity index is 792. The van der Waals surface area contributed by atoms with Gasteiger partial charge in [0.15, 0.2) is 0 Å². The fraction of sp³-hybridized carbons (Fsp3) is 0.240. The van der Waals surface area contributed by atoms with Crippen LogP contribution in [0.25, 0.3) is 0 Å². The minimum absolute atomic E-state index is 0.0131. The zero-order valence-corrected chi connectivity index (χ0v) is 18.4. The second-order valence-electron chi connectivity index (χ2n) is 7.03. The van der Waals surface area contributed by atoms with Crippen molar-refractivity contribution < 1.29 is 9.53 Å². The molecule has 0 unspecified atom stereocenters. The van der Waals surface area contributed by atoms with Crippen molar-refractivity contribution in [3.05, 3.63) is 91.0 Å². The minimum atomic E-state index is -1.85. The first kappa shape index (κ1) is 22.2. The molecule has 0 fully saturated rings. The smallest absolute Gasteiger partial charge is 0.234 e. The number of benzene rings is 3. The highest BCUT2D eigenvalue weighted by atomic mass is 31.2. The molecule has 0 spiro atoms. The van der Waals surface area contributed by atoms with Gasteiger partial charge in [0.2, 0.25) is 5.91 Å². The normalized spacial score (nSPS) is 11.2. The lowest BCUT2D eigenvalue weighted by Crippen LogP contribution is -2.36. The Morgan fingerprint density at radius 1 is 0.767 bits per heavy atom. The fourth-order valence-electron chi connectivity index (χ4n) is 3.67. The average molecular weight is 422 g/mol. The molecule has 3 aromatic rings. The molecule has 3 rings (SSSR count).